The van der Waals surface area contributed by atoms with Crippen molar-refractivity contribution in [3.05, 3.63) is 62.1 Å². The molecule has 0 aromatic heterocycles. The van der Waals surface area contributed by atoms with Gasteiger partial charge < -0.3 is 4.74 Å². The lowest BCUT2D eigenvalue weighted by Gasteiger charge is -2.12. The van der Waals surface area contributed by atoms with Crippen LogP contribution in [0.1, 0.15) is 5.56 Å². The van der Waals surface area contributed by atoms with E-state index in [9.17, 15) is 0 Å². The summed E-state index contributed by atoms with van der Waals surface area (Å²) >= 11 is 24.1. The predicted molar refractivity (Wildman–Crippen MR) is 87.9 cm³/mol. The summed E-state index contributed by atoms with van der Waals surface area (Å²) in [7, 11) is 0. The van der Waals surface area contributed by atoms with Crippen LogP contribution in [-0.2, 0) is 4.74 Å². The van der Waals surface area contributed by atoms with E-state index < -0.39 is 0 Å². The van der Waals surface area contributed by atoms with Gasteiger partial charge in [-0.25, -0.2) is 5.01 Å². The maximum Gasteiger partial charge on any atom is 0.242 e. The van der Waals surface area contributed by atoms with E-state index in [1.54, 1.807) is 41.4 Å². The highest BCUT2D eigenvalue weighted by Gasteiger charge is 2.22. The summed E-state index contributed by atoms with van der Waals surface area (Å²) in [6, 6.07) is 10.3. The van der Waals surface area contributed by atoms with Crippen LogP contribution in [0.4, 0.5) is 5.69 Å². The second kappa shape index (κ2) is 5.93. The van der Waals surface area contributed by atoms with Crippen molar-refractivity contribution in [1.82, 2.24) is 0 Å². The van der Waals surface area contributed by atoms with Gasteiger partial charge in [-0.2, -0.15) is 0 Å². The van der Waals surface area contributed by atoms with Gasteiger partial charge in [0.2, 0.25) is 5.90 Å². The molecule has 1 heterocycles. The normalized spacial score (nSPS) is 14.1. The predicted octanol–water partition coefficient (Wildman–Crippen LogP) is 5.46. The SMILES string of the molecule is Clc1ccc(C2=NN(c3ccc(Cl)cc3Cl)CO2)c(Cl)c1. The molecule has 7 heteroatoms. The molecule has 0 spiro atoms. The van der Waals surface area contributed by atoms with E-state index in [1.807, 2.05) is 0 Å². The number of benzene rings is 2. The van der Waals surface area contributed by atoms with Crippen LogP contribution in [-0.4, -0.2) is 12.6 Å². The second-order valence-electron chi connectivity index (χ2n) is 4.30. The molecule has 21 heavy (non-hydrogen) atoms. The van der Waals surface area contributed by atoms with Crippen molar-refractivity contribution in [1.29, 1.82) is 0 Å². The molecule has 0 unspecified atom stereocenters. The number of hydrogen-bond donors (Lipinski definition) is 0. The Kier molecular flexibility index (Phi) is 4.18. The molecule has 0 N–H and O–H groups in total. The van der Waals surface area contributed by atoms with Crippen LogP contribution in [0.25, 0.3) is 0 Å². The fourth-order valence-corrected chi connectivity index (χ4v) is 2.89. The van der Waals surface area contributed by atoms with Gasteiger partial charge in [-0.05, 0) is 36.4 Å². The number of anilines is 1. The zero-order chi connectivity index (χ0) is 15.0. The van der Waals surface area contributed by atoms with Gasteiger partial charge in [0, 0.05) is 10.0 Å². The third-order valence-corrected chi connectivity index (χ3v) is 3.97. The van der Waals surface area contributed by atoms with Crippen molar-refractivity contribution in [2.24, 2.45) is 5.10 Å². The third-order valence-electron chi connectivity index (χ3n) is 2.88. The molecular weight excluding hydrogens is 354 g/mol. The van der Waals surface area contributed by atoms with E-state index in [-0.39, 0.29) is 6.73 Å². The number of hydrazone groups is 1. The fraction of sp³-hybridized carbons (Fsp3) is 0.0714. The van der Waals surface area contributed by atoms with Gasteiger partial charge in [0.05, 0.1) is 21.3 Å². The van der Waals surface area contributed by atoms with Crippen molar-refractivity contribution >= 4 is 58.0 Å². The summed E-state index contributed by atoms with van der Waals surface area (Å²) in [5.41, 5.74) is 1.38. The Morgan fingerprint density at radius 1 is 0.905 bits per heavy atom. The van der Waals surface area contributed by atoms with Gasteiger partial charge in [0.15, 0.2) is 6.73 Å². The summed E-state index contributed by atoms with van der Waals surface area (Å²) in [6.07, 6.45) is 0. The highest BCUT2D eigenvalue weighted by molar-refractivity contribution is 6.37. The second-order valence-corrected chi connectivity index (χ2v) is 5.99. The molecule has 0 radical (unpaired) electrons. The van der Waals surface area contributed by atoms with Crippen LogP contribution < -0.4 is 5.01 Å². The largest absolute Gasteiger partial charge is 0.453 e. The van der Waals surface area contributed by atoms with Crippen LogP contribution in [0.5, 0.6) is 0 Å². The van der Waals surface area contributed by atoms with Crippen molar-refractivity contribution in [3.63, 3.8) is 0 Å². The average Bonchev–Trinajstić information content (AvgIpc) is 2.87. The highest BCUT2D eigenvalue weighted by Crippen LogP contribution is 2.32. The Balaban J connectivity index is 1.93. The molecule has 0 saturated carbocycles. The minimum atomic E-state index is 0.246. The average molecular weight is 362 g/mol. The fourth-order valence-electron chi connectivity index (χ4n) is 1.90. The molecule has 0 atom stereocenters. The molecule has 0 fully saturated rings. The molecule has 0 bridgehead atoms. The van der Waals surface area contributed by atoms with Crippen molar-refractivity contribution in [2.45, 2.75) is 0 Å². The van der Waals surface area contributed by atoms with Gasteiger partial charge in [0.25, 0.3) is 0 Å². The summed E-state index contributed by atoms with van der Waals surface area (Å²) in [4.78, 5) is 0. The molecular formula is C14H8Cl4N2O. The molecule has 1 aliphatic heterocycles. The lowest BCUT2D eigenvalue weighted by atomic mass is 10.2. The van der Waals surface area contributed by atoms with E-state index in [4.69, 9.17) is 51.1 Å². The first kappa shape index (κ1) is 14.8. The molecule has 2 aromatic carbocycles. The van der Waals surface area contributed by atoms with Crippen LogP contribution in [0, 0.1) is 0 Å². The lowest BCUT2D eigenvalue weighted by molar-refractivity contribution is 0.338. The molecule has 3 nitrogen and oxygen atoms in total. The van der Waals surface area contributed by atoms with Gasteiger partial charge in [-0.3, -0.25) is 0 Å². The van der Waals surface area contributed by atoms with E-state index in [0.29, 0.717) is 37.2 Å². The van der Waals surface area contributed by atoms with Crippen LogP contribution in [0.15, 0.2) is 41.5 Å². The van der Waals surface area contributed by atoms with Crippen molar-refractivity contribution < 1.29 is 4.74 Å². The molecule has 2 aromatic rings. The van der Waals surface area contributed by atoms with Crippen molar-refractivity contribution in [2.75, 3.05) is 11.7 Å². The maximum atomic E-state index is 6.16. The number of hydrogen-bond acceptors (Lipinski definition) is 3. The zero-order valence-corrected chi connectivity index (χ0v) is 13.5. The first-order valence-electron chi connectivity index (χ1n) is 5.94. The standard InChI is InChI=1S/C14H8Cl4N2O/c15-8-1-3-10(11(17)5-8)14-19-20(7-21-14)13-4-2-9(16)6-12(13)18/h1-6H,7H2. The Hall–Kier alpha value is -1.13. The minimum absolute atomic E-state index is 0.246. The Morgan fingerprint density at radius 2 is 1.57 bits per heavy atom. The summed E-state index contributed by atoms with van der Waals surface area (Å²) in [6.45, 7) is 0.246. The molecule has 0 aliphatic carbocycles. The number of nitrogens with zero attached hydrogens (tertiary/aromatic N) is 2. The van der Waals surface area contributed by atoms with Gasteiger partial charge >= 0.3 is 0 Å². The van der Waals surface area contributed by atoms with Crippen LogP contribution in [0.2, 0.25) is 20.1 Å². The number of rotatable bonds is 2. The van der Waals surface area contributed by atoms with Crippen LogP contribution >= 0.6 is 46.4 Å². The third kappa shape index (κ3) is 3.06. The van der Waals surface area contributed by atoms with Gasteiger partial charge in [0.1, 0.15) is 0 Å². The summed E-state index contributed by atoms with van der Waals surface area (Å²) in [5.74, 6) is 0.419. The van der Waals surface area contributed by atoms with Gasteiger partial charge in [-0.15, -0.1) is 5.10 Å². The Bertz CT molecular complexity index is 733. The van der Waals surface area contributed by atoms with E-state index in [0.717, 1.165) is 0 Å². The first-order chi connectivity index (χ1) is 10.0. The smallest absolute Gasteiger partial charge is 0.242 e. The van der Waals surface area contributed by atoms with Crippen molar-refractivity contribution in [3.8, 4) is 0 Å². The van der Waals surface area contributed by atoms with Crippen LogP contribution in [0.3, 0.4) is 0 Å². The minimum Gasteiger partial charge on any atom is -0.453 e. The number of ether oxygens (including phenoxy) is 1. The topological polar surface area (TPSA) is 24.8 Å². The Morgan fingerprint density at radius 3 is 2.24 bits per heavy atom. The molecule has 108 valence electrons. The maximum absolute atomic E-state index is 6.16. The monoisotopic (exact) mass is 360 g/mol. The molecule has 0 amide bonds. The zero-order valence-electron chi connectivity index (χ0n) is 10.5. The van der Waals surface area contributed by atoms with E-state index in [2.05, 4.69) is 5.10 Å². The lowest BCUT2D eigenvalue weighted by Crippen LogP contribution is -2.13. The quantitative estimate of drug-likeness (QED) is 0.709. The number of halogens is 4. The molecule has 3 rings (SSSR count). The Labute approximate surface area is 141 Å². The highest BCUT2D eigenvalue weighted by atomic mass is 35.5. The first-order valence-corrected chi connectivity index (χ1v) is 7.45. The van der Waals surface area contributed by atoms with E-state index >= 15 is 0 Å². The van der Waals surface area contributed by atoms with E-state index in [1.165, 1.54) is 0 Å². The summed E-state index contributed by atoms with van der Waals surface area (Å²) in [5, 5.41) is 8.11. The van der Waals surface area contributed by atoms with Gasteiger partial charge in [-0.1, -0.05) is 46.4 Å². The summed E-state index contributed by atoms with van der Waals surface area (Å²) < 4.78 is 5.57. The molecule has 0 saturated heterocycles. The molecule has 1 aliphatic rings.